The monoisotopic (exact) mass is 357 g/mol. The second kappa shape index (κ2) is 4.82. The Balaban J connectivity index is 2.57. The van der Waals surface area contributed by atoms with Gasteiger partial charge in [-0.1, -0.05) is 6.07 Å². The highest BCUT2D eigenvalue weighted by Crippen LogP contribution is 2.31. The summed E-state index contributed by atoms with van der Waals surface area (Å²) in [6.07, 6.45) is 0. The van der Waals surface area contributed by atoms with Crippen molar-refractivity contribution in [3.63, 3.8) is 0 Å². The van der Waals surface area contributed by atoms with E-state index in [-0.39, 0.29) is 0 Å². The predicted molar refractivity (Wildman–Crippen MR) is 77.9 cm³/mol. The smallest absolute Gasteiger partial charge is 0.131 e. The average Bonchev–Trinajstić information content (AvgIpc) is 2.58. The summed E-state index contributed by atoms with van der Waals surface area (Å²) < 4.78 is 4.02. The van der Waals surface area contributed by atoms with E-state index in [1.807, 2.05) is 29.7 Å². The first-order valence-electron chi connectivity index (χ1n) is 5.32. The molecule has 17 heavy (non-hydrogen) atoms. The van der Waals surface area contributed by atoms with Crippen molar-refractivity contribution in [1.82, 2.24) is 9.55 Å². The fourth-order valence-electron chi connectivity index (χ4n) is 1.84. The minimum Gasteiger partial charge on any atom is -0.383 e. The maximum absolute atomic E-state index is 6.11. The first kappa shape index (κ1) is 12.6. The standard InChI is InChI=1S/C12H13Br2N3/c1-3-17-7(2)16-11(12(17)15)8-4-5-9(13)10(14)6-8/h4-6H,3,15H2,1-2H3. The SMILES string of the molecule is CCn1c(C)nc(-c2ccc(Br)c(Br)c2)c1N. The van der Waals surface area contributed by atoms with Crippen LogP contribution in [0, 0.1) is 6.92 Å². The summed E-state index contributed by atoms with van der Waals surface area (Å²) in [4.78, 5) is 4.52. The Hall–Kier alpha value is -0.810. The summed E-state index contributed by atoms with van der Waals surface area (Å²) in [6, 6.07) is 6.01. The van der Waals surface area contributed by atoms with Crippen molar-refractivity contribution in [3.05, 3.63) is 33.0 Å². The molecule has 0 atom stereocenters. The van der Waals surface area contributed by atoms with E-state index in [1.54, 1.807) is 0 Å². The molecule has 0 aliphatic rings. The molecule has 1 heterocycles. The van der Waals surface area contributed by atoms with E-state index >= 15 is 0 Å². The molecule has 2 rings (SSSR count). The number of rotatable bonds is 2. The molecule has 0 saturated heterocycles. The van der Waals surface area contributed by atoms with E-state index in [1.165, 1.54) is 0 Å². The molecule has 5 heteroatoms. The Bertz CT molecular complexity index is 561. The quantitative estimate of drug-likeness (QED) is 0.882. The number of imidazole rings is 1. The van der Waals surface area contributed by atoms with Crippen LogP contribution < -0.4 is 5.73 Å². The fourth-order valence-corrected chi connectivity index (χ4v) is 2.46. The van der Waals surface area contributed by atoms with Gasteiger partial charge in [0.2, 0.25) is 0 Å². The molecular formula is C12H13Br2N3. The number of halogens is 2. The number of benzene rings is 1. The highest BCUT2D eigenvalue weighted by Gasteiger charge is 2.13. The summed E-state index contributed by atoms with van der Waals surface area (Å²) >= 11 is 6.94. The van der Waals surface area contributed by atoms with Gasteiger partial charge in [-0.2, -0.15) is 0 Å². The van der Waals surface area contributed by atoms with E-state index in [0.29, 0.717) is 0 Å². The summed E-state index contributed by atoms with van der Waals surface area (Å²) in [5.74, 6) is 1.67. The van der Waals surface area contributed by atoms with Gasteiger partial charge in [0.1, 0.15) is 17.3 Å². The van der Waals surface area contributed by atoms with Gasteiger partial charge in [0.15, 0.2) is 0 Å². The number of hydrogen-bond acceptors (Lipinski definition) is 2. The van der Waals surface area contributed by atoms with Crippen molar-refractivity contribution in [2.24, 2.45) is 0 Å². The number of anilines is 1. The van der Waals surface area contributed by atoms with Crippen LogP contribution in [0.3, 0.4) is 0 Å². The summed E-state index contributed by atoms with van der Waals surface area (Å²) in [7, 11) is 0. The molecule has 0 aliphatic carbocycles. The zero-order valence-corrected chi connectivity index (χ0v) is 12.8. The summed E-state index contributed by atoms with van der Waals surface area (Å²) in [6.45, 7) is 4.87. The van der Waals surface area contributed by atoms with Crippen LogP contribution in [0.5, 0.6) is 0 Å². The van der Waals surface area contributed by atoms with Gasteiger partial charge in [0, 0.05) is 21.1 Å². The topological polar surface area (TPSA) is 43.8 Å². The third-order valence-corrected chi connectivity index (χ3v) is 4.59. The van der Waals surface area contributed by atoms with Crippen LogP contribution in [0.25, 0.3) is 11.3 Å². The van der Waals surface area contributed by atoms with Crippen molar-refractivity contribution < 1.29 is 0 Å². The highest BCUT2D eigenvalue weighted by molar-refractivity contribution is 9.13. The summed E-state index contributed by atoms with van der Waals surface area (Å²) in [5, 5.41) is 0. The Morgan fingerprint density at radius 3 is 2.53 bits per heavy atom. The van der Waals surface area contributed by atoms with Crippen molar-refractivity contribution in [3.8, 4) is 11.3 Å². The number of hydrogen-bond donors (Lipinski definition) is 1. The molecule has 0 bridgehead atoms. The maximum atomic E-state index is 6.11. The van der Waals surface area contributed by atoms with E-state index in [9.17, 15) is 0 Å². The van der Waals surface area contributed by atoms with Crippen molar-refractivity contribution in [1.29, 1.82) is 0 Å². The Kier molecular flexibility index (Phi) is 3.58. The molecule has 0 fully saturated rings. The maximum Gasteiger partial charge on any atom is 0.131 e. The second-order valence-corrected chi connectivity index (χ2v) is 5.47. The number of aryl methyl sites for hydroxylation is 1. The molecule has 3 nitrogen and oxygen atoms in total. The van der Waals surface area contributed by atoms with Gasteiger partial charge >= 0.3 is 0 Å². The Morgan fingerprint density at radius 1 is 1.29 bits per heavy atom. The first-order chi connectivity index (χ1) is 8.04. The molecule has 1 aromatic carbocycles. The lowest BCUT2D eigenvalue weighted by Crippen LogP contribution is -2.02. The lowest BCUT2D eigenvalue weighted by Gasteiger charge is -2.04. The molecular weight excluding hydrogens is 346 g/mol. The van der Waals surface area contributed by atoms with Crippen molar-refractivity contribution in [2.45, 2.75) is 20.4 Å². The third kappa shape index (κ3) is 2.26. The van der Waals surface area contributed by atoms with E-state index in [0.717, 1.165) is 38.4 Å². The van der Waals surface area contributed by atoms with Crippen LogP contribution in [0.2, 0.25) is 0 Å². The van der Waals surface area contributed by atoms with Gasteiger partial charge in [-0.15, -0.1) is 0 Å². The molecule has 2 N–H and O–H groups in total. The number of nitrogens with two attached hydrogens (primary N) is 1. The number of nitrogens with zero attached hydrogens (tertiary/aromatic N) is 2. The highest BCUT2D eigenvalue weighted by atomic mass is 79.9. The van der Waals surface area contributed by atoms with Gasteiger partial charge in [0.25, 0.3) is 0 Å². The van der Waals surface area contributed by atoms with Crippen molar-refractivity contribution in [2.75, 3.05) is 5.73 Å². The Morgan fingerprint density at radius 2 is 2.00 bits per heavy atom. The third-order valence-electron chi connectivity index (χ3n) is 2.71. The van der Waals surface area contributed by atoms with Gasteiger partial charge in [-0.05, 0) is 57.8 Å². The number of nitrogen functional groups attached to an aromatic ring is 1. The molecule has 0 saturated carbocycles. The summed E-state index contributed by atoms with van der Waals surface area (Å²) in [5.41, 5.74) is 7.97. The molecule has 0 amide bonds. The van der Waals surface area contributed by atoms with E-state index in [4.69, 9.17) is 5.73 Å². The zero-order chi connectivity index (χ0) is 12.6. The minimum absolute atomic E-state index is 0.722. The minimum atomic E-state index is 0.722. The molecule has 2 aromatic rings. The first-order valence-corrected chi connectivity index (χ1v) is 6.91. The Labute approximate surface area is 117 Å². The lowest BCUT2D eigenvalue weighted by atomic mass is 10.1. The van der Waals surface area contributed by atoms with Gasteiger partial charge in [-0.25, -0.2) is 4.98 Å². The van der Waals surface area contributed by atoms with E-state index in [2.05, 4.69) is 43.8 Å². The molecule has 90 valence electrons. The fraction of sp³-hybridized carbons (Fsp3) is 0.250. The van der Waals surface area contributed by atoms with Gasteiger partial charge in [-0.3, -0.25) is 0 Å². The normalized spacial score (nSPS) is 10.8. The van der Waals surface area contributed by atoms with Crippen LogP contribution in [-0.4, -0.2) is 9.55 Å². The van der Waals surface area contributed by atoms with Crippen LogP contribution >= 0.6 is 31.9 Å². The van der Waals surface area contributed by atoms with Crippen LogP contribution in [-0.2, 0) is 6.54 Å². The second-order valence-electron chi connectivity index (χ2n) is 3.77. The molecule has 0 aliphatic heterocycles. The molecule has 0 unspecified atom stereocenters. The lowest BCUT2D eigenvalue weighted by molar-refractivity contribution is 0.739. The van der Waals surface area contributed by atoms with E-state index < -0.39 is 0 Å². The van der Waals surface area contributed by atoms with Crippen LogP contribution in [0.1, 0.15) is 12.7 Å². The predicted octanol–water partition coefficient (Wildman–Crippen LogP) is 3.99. The average molecular weight is 359 g/mol. The number of aromatic nitrogens is 2. The van der Waals surface area contributed by atoms with Crippen LogP contribution in [0.15, 0.2) is 27.1 Å². The van der Waals surface area contributed by atoms with Crippen molar-refractivity contribution >= 4 is 37.7 Å². The molecule has 0 radical (unpaired) electrons. The largest absolute Gasteiger partial charge is 0.383 e. The van der Waals surface area contributed by atoms with Gasteiger partial charge < -0.3 is 10.3 Å². The van der Waals surface area contributed by atoms with Crippen LogP contribution in [0.4, 0.5) is 5.82 Å². The molecule has 0 spiro atoms. The van der Waals surface area contributed by atoms with Gasteiger partial charge in [0.05, 0.1) is 0 Å². The zero-order valence-electron chi connectivity index (χ0n) is 9.67. The molecule has 1 aromatic heterocycles.